The number of hydrogen-bond donors (Lipinski definition) is 2. The zero-order valence-corrected chi connectivity index (χ0v) is 10.2. The van der Waals surface area contributed by atoms with E-state index in [2.05, 4.69) is 9.97 Å². The van der Waals surface area contributed by atoms with Gasteiger partial charge in [0.05, 0.1) is 12.5 Å². The first kappa shape index (κ1) is 12.1. The van der Waals surface area contributed by atoms with E-state index in [0.717, 1.165) is 12.8 Å². The van der Waals surface area contributed by atoms with Crippen molar-refractivity contribution in [2.45, 2.75) is 31.7 Å². The van der Waals surface area contributed by atoms with Crippen molar-refractivity contribution in [2.75, 3.05) is 13.6 Å². The molecular weight excluding hydrogens is 216 g/mol. The molecule has 2 rings (SSSR count). The third kappa shape index (κ3) is 2.49. The van der Waals surface area contributed by atoms with Gasteiger partial charge in [0, 0.05) is 13.1 Å². The molecule has 3 N–H and O–H groups in total. The highest BCUT2D eigenvalue weighted by atomic mass is 16.2. The normalized spacial score (nSPS) is 24.6. The highest BCUT2D eigenvalue weighted by molar-refractivity contribution is 5.92. The minimum atomic E-state index is 0.00727. The Morgan fingerprint density at radius 1 is 1.59 bits per heavy atom. The largest absolute Gasteiger partial charge is 0.341 e. The number of nitrogens with two attached hydrogens (primary N) is 1. The summed E-state index contributed by atoms with van der Waals surface area (Å²) in [7, 11) is 1.86. The molecule has 1 aromatic heterocycles. The van der Waals surface area contributed by atoms with E-state index in [1.165, 1.54) is 19.2 Å². The number of carbonyl (C=O) groups excluding carboxylic acids is 1. The Morgan fingerprint density at radius 3 is 3.00 bits per heavy atom. The molecule has 1 aliphatic rings. The van der Waals surface area contributed by atoms with Gasteiger partial charge >= 0.3 is 0 Å². The van der Waals surface area contributed by atoms with Gasteiger partial charge in [-0.25, -0.2) is 4.98 Å². The Morgan fingerprint density at radius 2 is 2.35 bits per heavy atom. The molecule has 2 atom stereocenters. The molecule has 2 unspecified atom stereocenters. The summed E-state index contributed by atoms with van der Waals surface area (Å²) >= 11 is 0. The summed E-state index contributed by atoms with van der Waals surface area (Å²) in [4.78, 5) is 20.7. The Hall–Kier alpha value is -1.36. The van der Waals surface area contributed by atoms with E-state index in [4.69, 9.17) is 5.73 Å². The first-order valence-corrected chi connectivity index (χ1v) is 6.19. The predicted octanol–water partition coefficient (Wildman–Crippen LogP) is 0.999. The van der Waals surface area contributed by atoms with Gasteiger partial charge < -0.3 is 15.6 Å². The summed E-state index contributed by atoms with van der Waals surface area (Å²) in [5.74, 6) is 0.438. The molecule has 1 heterocycles. The molecule has 0 aliphatic heterocycles. The van der Waals surface area contributed by atoms with Gasteiger partial charge in [0.25, 0.3) is 5.91 Å². The molecule has 0 radical (unpaired) electrons. The monoisotopic (exact) mass is 236 g/mol. The lowest BCUT2D eigenvalue weighted by atomic mass is 9.83. The zero-order valence-electron chi connectivity index (χ0n) is 10.2. The molecule has 1 aliphatic carbocycles. The molecule has 0 aromatic carbocycles. The van der Waals surface area contributed by atoms with Crippen molar-refractivity contribution >= 4 is 5.91 Å². The van der Waals surface area contributed by atoms with Gasteiger partial charge in [0.15, 0.2) is 0 Å². The van der Waals surface area contributed by atoms with Crippen LogP contribution >= 0.6 is 0 Å². The van der Waals surface area contributed by atoms with Gasteiger partial charge in [0.1, 0.15) is 5.69 Å². The number of H-pyrrole nitrogens is 1. The number of aromatic nitrogens is 2. The molecule has 1 amide bonds. The highest BCUT2D eigenvalue weighted by Crippen LogP contribution is 2.27. The molecular formula is C12H20N4O. The topological polar surface area (TPSA) is 75.0 Å². The van der Waals surface area contributed by atoms with Gasteiger partial charge in [-0.1, -0.05) is 12.8 Å². The highest BCUT2D eigenvalue weighted by Gasteiger charge is 2.30. The fourth-order valence-corrected chi connectivity index (χ4v) is 2.69. The fraction of sp³-hybridized carbons (Fsp3) is 0.667. The van der Waals surface area contributed by atoms with Crippen LogP contribution in [0.25, 0.3) is 0 Å². The van der Waals surface area contributed by atoms with Gasteiger partial charge in [-0.05, 0) is 25.3 Å². The van der Waals surface area contributed by atoms with Crippen LogP contribution in [-0.4, -0.2) is 40.4 Å². The third-order valence-corrected chi connectivity index (χ3v) is 3.72. The summed E-state index contributed by atoms with van der Waals surface area (Å²) in [6.45, 7) is 0.658. The second kappa shape index (κ2) is 5.31. The molecule has 17 heavy (non-hydrogen) atoms. The van der Waals surface area contributed by atoms with Crippen molar-refractivity contribution in [2.24, 2.45) is 11.7 Å². The SMILES string of the molecule is CN(C(=O)c1cnc[nH]1)C1CCCCC1CN. The molecule has 0 saturated heterocycles. The van der Waals surface area contributed by atoms with Gasteiger partial charge in [0.2, 0.25) is 0 Å². The predicted molar refractivity (Wildman–Crippen MR) is 65.5 cm³/mol. The van der Waals surface area contributed by atoms with Gasteiger partial charge in [-0.15, -0.1) is 0 Å². The van der Waals surface area contributed by atoms with E-state index in [1.54, 1.807) is 6.20 Å². The van der Waals surface area contributed by atoms with Crippen LogP contribution in [0.1, 0.15) is 36.2 Å². The summed E-state index contributed by atoms with van der Waals surface area (Å²) in [6.07, 6.45) is 7.69. The lowest BCUT2D eigenvalue weighted by Crippen LogP contribution is -2.46. The van der Waals surface area contributed by atoms with Crippen LogP contribution < -0.4 is 5.73 Å². The number of nitrogens with one attached hydrogen (secondary N) is 1. The molecule has 1 aromatic rings. The molecule has 1 saturated carbocycles. The number of rotatable bonds is 3. The van der Waals surface area contributed by atoms with E-state index in [0.29, 0.717) is 18.2 Å². The van der Waals surface area contributed by atoms with Crippen molar-refractivity contribution in [1.29, 1.82) is 0 Å². The minimum absolute atomic E-state index is 0.00727. The Labute approximate surface area is 101 Å². The van der Waals surface area contributed by atoms with Crippen LogP contribution in [0.15, 0.2) is 12.5 Å². The van der Waals surface area contributed by atoms with E-state index < -0.39 is 0 Å². The average molecular weight is 236 g/mol. The number of aromatic amines is 1. The second-order valence-corrected chi connectivity index (χ2v) is 4.73. The summed E-state index contributed by atoms with van der Waals surface area (Å²) in [5, 5.41) is 0. The minimum Gasteiger partial charge on any atom is -0.341 e. The zero-order chi connectivity index (χ0) is 12.3. The summed E-state index contributed by atoms with van der Waals surface area (Å²) in [5.41, 5.74) is 6.34. The number of carbonyl (C=O) groups is 1. The van der Waals surface area contributed by atoms with Crippen molar-refractivity contribution < 1.29 is 4.79 Å². The standard InChI is InChI=1S/C12H20N4O/c1-16(12(17)10-7-14-8-15-10)11-5-3-2-4-9(11)6-13/h7-9,11H,2-6,13H2,1H3,(H,14,15). The van der Waals surface area contributed by atoms with E-state index in [1.807, 2.05) is 11.9 Å². The second-order valence-electron chi connectivity index (χ2n) is 4.73. The maximum Gasteiger partial charge on any atom is 0.271 e. The van der Waals surface area contributed by atoms with E-state index >= 15 is 0 Å². The molecule has 0 spiro atoms. The van der Waals surface area contributed by atoms with Crippen LogP contribution in [0.3, 0.4) is 0 Å². The Balaban J connectivity index is 2.07. The quantitative estimate of drug-likeness (QED) is 0.822. The lowest BCUT2D eigenvalue weighted by Gasteiger charge is -2.37. The van der Waals surface area contributed by atoms with Crippen LogP contribution in [-0.2, 0) is 0 Å². The number of hydrogen-bond acceptors (Lipinski definition) is 3. The van der Waals surface area contributed by atoms with Crippen LogP contribution in [0.5, 0.6) is 0 Å². The van der Waals surface area contributed by atoms with Gasteiger partial charge in [-0.2, -0.15) is 0 Å². The number of amides is 1. The van der Waals surface area contributed by atoms with Crippen molar-refractivity contribution in [3.63, 3.8) is 0 Å². The van der Waals surface area contributed by atoms with Crippen molar-refractivity contribution in [1.82, 2.24) is 14.9 Å². The lowest BCUT2D eigenvalue weighted by molar-refractivity contribution is 0.0615. The summed E-state index contributed by atoms with van der Waals surface area (Å²) in [6, 6.07) is 0.268. The molecule has 1 fully saturated rings. The molecule has 0 bridgehead atoms. The maximum absolute atomic E-state index is 12.2. The number of nitrogens with zero attached hydrogens (tertiary/aromatic N) is 2. The van der Waals surface area contributed by atoms with Crippen LogP contribution in [0, 0.1) is 5.92 Å². The van der Waals surface area contributed by atoms with Gasteiger partial charge in [-0.3, -0.25) is 4.79 Å². The van der Waals surface area contributed by atoms with Crippen LogP contribution in [0.2, 0.25) is 0 Å². The molecule has 5 heteroatoms. The average Bonchev–Trinajstić information content (AvgIpc) is 2.90. The van der Waals surface area contributed by atoms with Crippen LogP contribution in [0.4, 0.5) is 0 Å². The fourth-order valence-electron chi connectivity index (χ4n) is 2.69. The van der Waals surface area contributed by atoms with Crippen molar-refractivity contribution in [3.8, 4) is 0 Å². The maximum atomic E-state index is 12.2. The number of imidazole rings is 1. The first-order valence-electron chi connectivity index (χ1n) is 6.19. The van der Waals surface area contributed by atoms with E-state index in [9.17, 15) is 4.79 Å². The van der Waals surface area contributed by atoms with E-state index in [-0.39, 0.29) is 11.9 Å². The van der Waals surface area contributed by atoms with Crippen molar-refractivity contribution in [3.05, 3.63) is 18.2 Å². The Bertz CT molecular complexity index is 363. The molecule has 94 valence electrons. The summed E-state index contributed by atoms with van der Waals surface area (Å²) < 4.78 is 0. The first-order chi connectivity index (χ1) is 8.24. The molecule has 5 nitrogen and oxygen atoms in total. The third-order valence-electron chi connectivity index (χ3n) is 3.72. The Kier molecular flexibility index (Phi) is 3.78. The smallest absolute Gasteiger partial charge is 0.271 e.